The fourth-order valence-corrected chi connectivity index (χ4v) is 4.68. The van der Waals surface area contributed by atoms with Crippen molar-refractivity contribution in [2.45, 2.75) is 11.1 Å². The fourth-order valence-electron chi connectivity index (χ4n) is 2.12. The van der Waals surface area contributed by atoms with Gasteiger partial charge in [-0.25, -0.2) is 8.42 Å². The molecule has 1 aliphatic rings. The van der Waals surface area contributed by atoms with E-state index >= 15 is 0 Å². The van der Waals surface area contributed by atoms with Crippen LogP contribution in [0.5, 0.6) is 0 Å². The van der Waals surface area contributed by atoms with Gasteiger partial charge in [0.05, 0.1) is 12.0 Å². The lowest BCUT2D eigenvalue weighted by Crippen LogP contribution is -2.49. The molecule has 1 fully saturated rings. The molecule has 0 bridgehead atoms. The van der Waals surface area contributed by atoms with Gasteiger partial charge in [-0.3, -0.25) is 4.90 Å². The third kappa shape index (κ3) is 3.34. The lowest BCUT2D eigenvalue weighted by Gasteiger charge is -2.34. The van der Waals surface area contributed by atoms with E-state index in [4.69, 9.17) is 5.26 Å². The van der Waals surface area contributed by atoms with Crippen LogP contribution in [0, 0.1) is 17.2 Å². The summed E-state index contributed by atoms with van der Waals surface area (Å²) in [4.78, 5) is 2.15. The van der Waals surface area contributed by atoms with Crippen LogP contribution in [0.25, 0.3) is 0 Å². The van der Waals surface area contributed by atoms with Gasteiger partial charge in [0.25, 0.3) is 10.0 Å². The highest BCUT2D eigenvalue weighted by molar-refractivity contribution is 7.91. The third-order valence-corrected chi connectivity index (χ3v) is 6.44. The summed E-state index contributed by atoms with van der Waals surface area (Å²) in [5.74, 6) is -0.0135. The predicted octanol–water partition coefficient (Wildman–Crippen LogP) is 1.21. The molecule has 0 unspecified atom stereocenters. The molecule has 0 amide bonds. The molecule has 1 atom stereocenters. The number of rotatable bonds is 4. The second kappa shape index (κ2) is 6.01. The van der Waals surface area contributed by atoms with Gasteiger partial charge in [-0.2, -0.15) is 9.57 Å². The van der Waals surface area contributed by atoms with Crippen molar-refractivity contribution in [3.8, 4) is 6.07 Å². The second-order valence-corrected chi connectivity index (χ2v) is 7.78. The molecular formula is C12H17N3O2S2. The Morgan fingerprint density at radius 3 is 2.63 bits per heavy atom. The Morgan fingerprint density at radius 1 is 1.42 bits per heavy atom. The zero-order valence-corrected chi connectivity index (χ0v) is 12.5. The highest BCUT2D eigenvalue weighted by Gasteiger charge is 2.29. The molecule has 0 aromatic carbocycles. The summed E-state index contributed by atoms with van der Waals surface area (Å²) in [6, 6.07) is 5.60. The molecule has 1 aromatic heterocycles. The molecular weight excluding hydrogens is 282 g/mol. The molecule has 1 aliphatic heterocycles. The first-order valence-electron chi connectivity index (χ1n) is 6.19. The van der Waals surface area contributed by atoms with E-state index in [1.54, 1.807) is 17.5 Å². The Hall–Kier alpha value is -0.940. The van der Waals surface area contributed by atoms with Crippen molar-refractivity contribution in [3.63, 3.8) is 0 Å². The monoisotopic (exact) mass is 299 g/mol. The Balaban J connectivity index is 1.96. The van der Waals surface area contributed by atoms with E-state index in [-0.39, 0.29) is 5.92 Å². The third-order valence-electron chi connectivity index (χ3n) is 3.17. The van der Waals surface area contributed by atoms with E-state index in [0.717, 1.165) is 0 Å². The standard InChI is InChI=1S/C12H17N3O2S2/c1-11(9-13)10-14-4-6-15(7-5-14)19(16,17)12-3-2-8-18-12/h2-3,8,11H,4-7,10H2,1H3/t11-/m0/s1. The maximum Gasteiger partial charge on any atom is 0.252 e. The molecule has 0 saturated carbocycles. The van der Waals surface area contributed by atoms with Crippen LogP contribution in [0.4, 0.5) is 0 Å². The van der Waals surface area contributed by atoms with Crippen molar-refractivity contribution >= 4 is 21.4 Å². The minimum atomic E-state index is -3.32. The van der Waals surface area contributed by atoms with E-state index in [2.05, 4.69) is 11.0 Å². The predicted molar refractivity (Wildman–Crippen MR) is 74.3 cm³/mol. The molecule has 1 saturated heterocycles. The molecule has 0 spiro atoms. The van der Waals surface area contributed by atoms with Crippen LogP contribution >= 0.6 is 11.3 Å². The number of hydrogen-bond donors (Lipinski definition) is 0. The van der Waals surface area contributed by atoms with E-state index in [0.29, 0.717) is 36.9 Å². The minimum absolute atomic E-state index is 0.0135. The molecule has 19 heavy (non-hydrogen) atoms. The average Bonchev–Trinajstić information content (AvgIpc) is 2.94. The summed E-state index contributed by atoms with van der Waals surface area (Å²) < 4.78 is 26.5. The number of thiophene rings is 1. The van der Waals surface area contributed by atoms with Gasteiger partial charge in [0.1, 0.15) is 4.21 Å². The minimum Gasteiger partial charge on any atom is -0.299 e. The molecule has 0 radical (unpaired) electrons. The Bertz CT molecular complexity index is 540. The summed E-state index contributed by atoms with van der Waals surface area (Å²) in [5.41, 5.74) is 0. The van der Waals surface area contributed by atoms with Crippen molar-refractivity contribution in [3.05, 3.63) is 17.5 Å². The van der Waals surface area contributed by atoms with Gasteiger partial charge in [0.15, 0.2) is 0 Å². The molecule has 1 aromatic rings. The van der Waals surface area contributed by atoms with Gasteiger partial charge in [-0.05, 0) is 18.4 Å². The molecule has 2 heterocycles. The van der Waals surface area contributed by atoms with E-state index in [1.807, 2.05) is 6.92 Å². The quantitative estimate of drug-likeness (QED) is 0.838. The SMILES string of the molecule is C[C@@H](C#N)CN1CCN(S(=O)(=O)c2cccs2)CC1. The van der Waals surface area contributed by atoms with E-state index < -0.39 is 10.0 Å². The number of sulfonamides is 1. The second-order valence-electron chi connectivity index (χ2n) is 4.67. The van der Waals surface area contributed by atoms with E-state index in [9.17, 15) is 8.42 Å². The zero-order chi connectivity index (χ0) is 13.9. The van der Waals surface area contributed by atoms with Crippen LogP contribution in [0.2, 0.25) is 0 Å². The Morgan fingerprint density at radius 2 is 2.11 bits per heavy atom. The zero-order valence-electron chi connectivity index (χ0n) is 10.8. The first-order chi connectivity index (χ1) is 9.04. The van der Waals surface area contributed by atoms with Crippen LogP contribution in [0.3, 0.4) is 0 Å². The maximum absolute atomic E-state index is 12.3. The summed E-state index contributed by atoms with van der Waals surface area (Å²) in [5, 5.41) is 10.6. The maximum atomic E-state index is 12.3. The van der Waals surface area contributed by atoms with Crippen molar-refractivity contribution in [2.24, 2.45) is 5.92 Å². The number of piperazine rings is 1. The van der Waals surface area contributed by atoms with Crippen LogP contribution in [0.15, 0.2) is 21.7 Å². The smallest absolute Gasteiger partial charge is 0.252 e. The fraction of sp³-hybridized carbons (Fsp3) is 0.583. The molecule has 7 heteroatoms. The van der Waals surface area contributed by atoms with E-state index in [1.165, 1.54) is 15.6 Å². The molecule has 5 nitrogen and oxygen atoms in total. The van der Waals surface area contributed by atoms with Crippen LogP contribution in [0.1, 0.15) is 6.92 Å². The largest absolute Gasteiger partial charge is 0.299 e. The number of hydrogen-bond acceptors (Lipinski definition) is 5. The summed E-state index contributed by atoms with van der Waals surface area (Å²) in [7, 11) is -3.32. The Kier molecular flexibility index (Phi) is 4.58. The van der Waals surface area contributed by atoms with Crippen LogP contribution in [-0.2, 0) is 10.0 Å². The van der Waals surface area contributed by atoms with Gasteiger partial charge < -0.3 is 0 Å². The summed E-state index contributed by atoms with van der Waals surface area (Å²) in [6.07, 6.45) is 0. The van der Waals surface area contributed by atoms with Crippen molar-refractivity contribution in [1.82, 2.24) is 9.21 Å². The van der Waals surface area contributed by atoms with Gasteiger partial charge in [-0.1, -0.05) is 6.07 Å². The first kappa shape index (κ1) is 14.5. The number of nitrogens with zero attached hydrogens (tertiary/aromatic N) is 3. The average molecular weight is 299 g/mol. The van der Waals surface area contributed by atoms with Crippen molar-refractivity contribution < 1.29 is 8.42 Å². The lowest BCUT2D eigenvalue weighted by atomic mass is 10.2. The number of nitriles is 1. The topological polar surface area (TPSA) is 64.4 Å². The Labute approximate surface area is 118 Å². The van der Waals surface area contributed by atoms with Gasteiger partial charge in [-0.15, -0.1) is 11.3 Å². The van der Waals surface area contributed by atoms with Gasteiger partial charge in [0, 0.05) is 32.7 Å². The highest BCUT2D eigenvalue weighted by atomic mass is 32.2. The lowest BCUT2D eigenvalue weighted by molar-refractivity contribution is 0.178. The molecule has 0 N–H and O–H groups in total. The first-order valence-corrected chi connectivity index (χ1v) is 8.51. The molecule has 104 valence electrons. The normalized spacial score (nSPS) is 20.0. The highest BCUT2D eigenvalue weighted by Crippen LogP contribution is 2.22. The van der Waals surface area contributed by atoms with Crippen molar-refractivity contribution in [1.29, 1.82) is 5.26 Å². The van der Waals surface area contributed by atoms with Crippen LogP contribution in [-0.4, -0.2) is 50.3 Å². The summed E-state index contributed by atoms with van der Waals surface area (Å²) in [6.45, 7) is 4.97. The van der Waals surface area contributed by atoms with Crippen LogP contribution < -0.4 is 0 Å². The molecule has 2 rings (SSSR count). The summed E-state index contributed by atoms with van der Waals surface area (Å²) >= 11 is 1.25. The van der Waals surface area contributed by atoms with Gasteiger partial charge in [0.2, 0.25) is 0 Å². The molecule has 0 aliphatic carbocycles. The van der Waals surface area contributed by atoms with Crippen molar-refractivity contribution in [2.75, 3.05) is 32.7 Å². The van der Waals surface area contributed by atoms with Gasteiger partial charge >= 0.3 is 0 Å².